The summed E-state index contributed by atoms with van der Waals surface area (Å²) < 4.78 is 0. The van der Waals surface area contributed by atoms with Gasteiger partial charge >= 0.3 is 0 Å². The Balaban J connectivity index is 2.53. The molecule has 0 saturated carbocycles. The maximum atomic E-state index is 9.24. The number of rotatable bonds is 2. The first-order chi connectivity index (χ1) is 9.02. The maximum absolute atomic E-state index is 9.24. The molecule has 0 saturated heterocycles. The number of benzene rings is 1. The van der Waals surface area contributed by atoms with E-state index in [0.29, 0.717) is 10.6 Å². The number of hydrogen-bond acceptors (Lipinski definition) is 3. The van der Waals surface area contributed by atoms with Gasteiger partial charge < -0.3 is 5.32 Å². The van der Waals surface area contributed by atoms with Crippen LogP contribution < -0.4 is 5.32 Å². The Morgan fingerprint density at radius 2 is 2.00 bits per heavy atom. The van der Waals surface area contributed by atoms with Crippen LogP contribution in [0, 0.1) is 32.1 Å². The smallest absolute Gasteiger partial charge is 0.103 e. The van der Waals surface area contributed by atoms with E-state index < -0.39 is 0 Å². The van der Waals surface area contributed by atoms with Gasteiger partial charge in [-0.3, -0.25) is 4.98 Å². The number of aromatic nitrogens is 1. The number of anilines is 2. The summed E-state index contributed by atoms with van der Waals surface area (Å²) in [5.74, 6) is 0. The first kappa shape index (κ1) is 13.4. The second-order valence-electron chi connectivity index (χ2n) is 4.44. The Morgan fingerprint density at radius 1 is 1.26 bits per heavy atom. The lowest BCUT2D eigenvalue weighted by molar-refractivity contribution is 1.11. The molecule has 0 aliphatic carbocycles. The molecule has 2 rings (SSSR count). The predicted molar refractivity (Wildman–Crippen MR) is 77.9 cm³/mol. The number of aryl methyl sites for hydroxylation is 3. The highest BCUT2D eigenvalue weighted by atomic mass is 35.5. The summed E-state index contributed by atoms with van der Waals surface area (Å²) in [4.78, 5) is 4.30. The fourth-order valence-corrected chi connectivity index (χ4v) is 2.26. The Bertz CT molecular complexity index is 652. The average Bonchev–Trinajstić information content (AvgIpc) is 2.33. The lowest BCUT2D eigenvalue weighted by atomic mass is 10.1. The lowest BCUT2D eigenvalue weighted by Gasteiger charge is -2.14. The first-order valence-corrected chi connectivity index (χ1v) is 6.31. The number of nitrogens with zero attached hydrogens (tertiary/aromatic N) is 2. The van der Waals surface area contributed by atoms with Crippen LogP contribution in [0.25, 0.3) is 0 Å². The van der Waals surface area contributed by atoms with Crippen LogP contribution in [-0.2, 0) is 0 Å². The summed E-state index contributed by atoms with van der Waals surface area (Å²) >= 11 is 6.19. The van der Waals surface area contributed by atoms with Gasteiger partial charge in [0, 0.05) is 5.69 Å². The molecule has 1 heterocycles. The third-order valence-corrected chi connectivity index (χ3v) is 3.24. The van der Waals surface area contributed by atoms with Crippen molar-refractivity contribution in [3.63, 3.8) is 0 Å². The normalized spacial score (nSPS) is 10.1. The zero-order valence-corrected chi connectivity index (χ0v) is 11.8. The molecule has 96 valence electrons. The molecule has 0 atom stereocenters. The Kier molecular flexibility index (Phi) is 3.73. The zero-order valence-electron chi connectivity index (χ0n) is 11.1. The van der Waals surface area contributed by atoms with Crippen molar-refractivity contribution in [3.05, 3.63) is 51.8 Å². The average molecular weight is 272 g/mol. The number of nitrogens with one attached hydrogen (secondary N) is 1. The molecule has 0 aliphatic rings. The lowest BCUT2D eigenvalue weighted by Crippen LogP contribution is -2.01. The molecule has 1 N–H and O–H groups in total. The Hall–Kier alpha value is -2.05. The topological polar surface area (TPSA) is 48.7 Å². The van der Waals surface area contributed by atoms with Crippen LogP contribution in [0.15, 0.2) is 24.3 Å². The fraction of sp³-hybridized carbons (Fsp3) is 0.200. The van der Waals surface area contributed by atoms with Gasteiger partial charge in [0.25, 0.3) is 0 Å². The van der Waals surface area contributed by atoms with E-state index in [9.17, 15) is 5.26 Å². The van der Waals surface area contributed by atoms with Gasteiger partial charge in [-0.25, -0.2) is 0 Å². The molecule has 1 aromatic heterocycles. The van der Waals surface area contributed by atoms with E-state index >= 15 is 0 Å². The van der Waals surface area contributed by atoms with Crippen molar-refractivity contribution in [2.75, 3.05) is 5.32 Å². The summed E-state index contributed by atoms with van der Waals surface area (Å²) in [5.41, 5.74) is 4.72. The van der Waals surface area contributed by atoms with Crippen LogP contribution in [0.2, 0.25) is 5.02 Å². The van der Waals surface area contributed by atoms with Crippen LogP contribution in [0.3, 0.4) is 0 Å². The molecule has 0 fully saturated rings. The van der Waals surface area contributed by atoms with Gasteiger partial charge in [-0.1, -0.05) is 23.7 Å². The second kappa shape index (κ2) is 5.29. The third-order valence-electron chi connectivity index (χ3n) is 2.92. The van der Waals surface area contributed by atoms with Crippen molar-refractivity contribution in [2.45, 2.75) is 20.8 Å². The van der Waals surface area contributed by atoms with Crippen molar-refractivity contribution in [1.82, 2.24) is 4.98 Å². The van der Waals surface area contributed by atoms with Crippen LogP contribution in [-0.4, -0.2) is 4.98 Å². The summed E-state index contributed by atoms with van der Waals surface area (Å²) in [7, 11) is 0. The van der Waals surface area contributed by atoms with Gasteiger partial charge in [-0.15, -0.1) is 0 Å². The second-order valence-corrected chi connectivity index (χ2v) is 4.85. The van der Waals surface area contributed by atoms with Gasteiger partial charge in [0.2, 0.25) is 0 Å². The summed E-state index contributed by atoms with van der Waals surface area (Å²) in [6.07, 6.45) is 0. The molecule has 0 unspecified atom stereocenters. The van der Waals surface area contributed by atoms with E-state index in [2.05, 4.69) is 16.4 Å². The van der Waals surface area contributed by atoms with Crippen molar-refractivity contribution < 1.29 is 0 Å². The number of nitriles is 1. The molecule has 3 nitrogen and oxygen atoms in total. The standard InChI is InChI=1S/C15H14ClN3/c1-9-5-4-6-13(16)15(9)19-14-7-10(2)18-11(3)12(14)8-17/h4-7H,1-3H3,(H,18,19). The summed E-state index contributed by atoms with van der Waals surface area (Å²) in [5, 5.41) is 13.1. The molecule has 2 aromatic rings. The quantitative estimate of drug-likeness (QED) is 0.887. The highest BCUT2D eigenvalue weighted by Gasteiger charge is 2.11. The molecule has 0 bridgehead atoms. The molecular formula is C15H14ClN3. The highest BCUT2D eigenvalue weighted by molar-refractivity contribution is 6.33. The Labute approximate surface area is 117 Å². The van der Waals surface area contributed by atoms with Gasteiger partial charge in [0.1, 0.15) is 6.07 Å². The molecule has 0 amide bonds. The van der Waals surface area contributed by atoms with E-state index in [1.54, 1.807) is 0 Å². The van der Waals surface area contributed by atoms with Gasteiger partial charge in [0.15, 0.2) is 0 Å². The van der Waals surface area contributed by atoms with Crippen molar-refractivity contribution in [2.24, 2.45) is 0 Å². The summed E-state index contributed by atoms with van der Waals surface area (Å²) in [6.45, 7) is 5.70. The number of halogens is 1. The minimum Gasteiger partial charge on any atom is -0.353 e. The van der Waals surface area contributed by atoms with Crippen LogP contribution in [0.1, 0.15) is 22.5 Å². The first-order valence-electron chi connectivity index (χ1n) is 5.93. The van der Waals surface area contributed by atoms with E-state index in [4.69, 9.17) is 11.6 Å². The Morgan fingerprint density at radius 3 is 2.63 bits per heavy atom. The number of para-hydroxylation sites is 1. The molecule has 1 aromatic carbocycles. The van der Waals surface area contributed by atoms with Gasteiger partial charge in [0.05, 0.1) is 27.7 Å². The predicted octanol–water partition coefficient (Wildman–Crippen LogP) is 4.28. The number of hydrogen-bond donors (Lipinski definition) is 1. The van der Waals surface area contributed by atoms with Crippen LogP contribution in [0.4, 0.5) is 11.4 Å². The van der Waals surface area contributed by atoms with E-state index in [-0.39, 0.29) is 0 Å². The largest absolute Gasteiger partial charge is 0.353 e. The van der Waals surface area contributed by atoms with Crippen LogP contribution in [0.5, 0.6) is 0 Å². The zero-order chi connectivity index (χ0) is 14.0. The molecule has 0 radical (unpaired) electrons. The minimum atomic E-state index is 0.546. The van der Waals surface area contributed by atoms with Crippen molar-refractivity contribution in [1.29, 1.82) is 5.26 Å². The third kappa shape index (κ3) is 2.69. The van der Waals surface area contributed by atoms with E-state index in [0.717, 1.165) is 28.3 Å². The minimum absolute atomic E-state index is 0.546. The van der Waals surface area contributed by atoms with Crippen molar-refractivity contribution in [3.8, 4) is 6.07 Å². The molecule has 4 heteroatoms. The molecule has 19 heavy (non-hydrogen) atoms. The molecule has 0 aliphatic heterocycles. The van der Waals surface area contributed by atoms with Gasteiger partial charge in [-0.2, -0.15) is 5.26 Å². The summed E-state index contributed by atoms with van der Waals surface area (Å²) in [6, 6.07) is 9.73. The van der Waals surface area contributed by atoms with Crippen molar-refractivity contribution >= 4 is 23.0 Å². The van der Waals surface area contributed by atoms with E-state index in [1.165, 1.54) is 0 Å². The monoisotopic (exact) mass is 271 g/mol. The highest BCUT2D eigenvalue weighted by Crippen LogP contribution is 2.30. The van der Waals surface area contributed by atoms with E-state index in [1.807, 2.05) is 45.0 Å². The fourth-order valence-electron chi connectivity index (χ4n) is 1.99. The SMILES string of the molecule is Cc1cc(Nc2c(C)cccc2Cl)c(C#N)c(C)n1. The van der Waals surface area contributed by atoms with Gasteiger partial charge in [-0.05, 0) is 38.5 Å². The molecular weight excluding hydrogens is 258 g/mol. The van der Waals surface area contributed by atoms with Crippen LogP contribution >= 0.6 is 11.6 Å². The maximum Gasteiger partial charge on any atom is 0.103 e. The number of pyridine rings is 1. The molecule has 0 spiro atoms.